The van der Waals surface area contributed by atoms with Gasteiger partial charge in [-0.3, -0.25) is 4.90 Å². The van der Waals surface area contributed by atoms with E-state index in [4.69, 9.17) is 4.42 Å². The molecule has 0 unspecified atom stereocenters. The molecule has 114 valence electrons. The van der Waals surface area contributed by atoms with Crippen LogP contribution in [0, 0.1) is 0 Å². The molecule has 0 saturated carbocycles. The van der Waals surface area contributed by atoms with E-state index < -0.39 is 0 Å². The van der Waals surface area contributed by atoms with Crippen molar-refractivity contribution in [3.05, 3.63) is 60.3 Å². The molecule has 2 heterocycles. The number of rotatable bonds is 7. The van der Waals surface area contributed by atoms with Gasteiger partial charge in [0.1, 0.15) is 5.76 Å². The van der Waals surface area contributed by atoms with E-state index in [1.54, 1.807) is 10.9 Å². The lowest BCUT2D eigenvalue weighted by atomic mass is 10.2. The second-order valence-electron chi connectivity index (χ2n) is 5.26. The van der Waals surface area contributed by atoms with Crippen LogP contribution in [0.2, 0.25) is 0 Å². The summed E-state index contributed by atoms with van der Waals surface area (Å²) in [6.07, 6.45) is 3.53. The lowest BCUT2D eigenvalue weighted by Crippen LogP contribution is -2.19. The average Bonchev–Trinajstić information content (AvgIpc) is 3.20. The Bertz CT molecular complexity index is 678. The van der Waals surface area contributed by atoms with Gasteiger partial charge in [-0.25, -0.2) is 0 Å². The van der Waals surface area contributed by atoms with Crippen molar-refractivity contribution in [3.8, 4) is 5.69 Å². The molecule has 6 heteroatoms. The van der Waals surface area contributed by atoms with Crippen LogP contribution in [0.1, 0.15) is 18.0 Å². The Kier molecular flexibility index (Phi) is 4.60. The number of tetrazole rings is 1. The molecule has 0 bridgehead atoms. The van der Waals surface area contributed by atoms with E-state index in [1.807, 2.05) is 42.5 Å². The molecule has 0 aliphatic heterocycles. The van der Waals surface area contributed by atoms with Crippen LogP contribution < -0.4 is 0 Å². The molecule has 0 atom stereocenters. The summed E-state index contributed by atoms with van der Waals surface area (Å²) in [6, 6.07) is 13.9. The molecular formula is C16H19N5O. The number of hydrogen-bond donors (Lipinski definition) is 0. The predicted octanol–water partition coefficient (Wildman–Crippen LogP) is 2.32. The molecule has 0 radical (unpaired) electrons. The summed E-state index contributed by atoms with van der Waals surface area (Å²) < 4.78 is 7.15. The first-order valence-corrected chi connectivity index (χ1v) is 7.36. The van der Waals surface area contributed by atoms with Gasteiger partial charge in [-0.2, -0.15) is 4.68 Å². The molecule has 0 spiro atoms. The van der Waals surface area contributed by atoms with Crippen LogP contribution in [0.4, 0.5) is 0 Å². The highest BCUT2D eigenvalue weighted by atomic mass is 16.3. The van der Waals surface area contributed by atoms with Gasteiger partial charge in [-0.15, -0.1) is 5.10 Å². The first kappa shape index (κ1) is 14.5. The maximum absolute atomic E-state index is 5.36. The minimum absolute atomic E-state index is 0.816. The van der Waals surface area contributed by atoms with Crippen molar-refractivity contribution in [3.63, 3.8) is 0 Å². The smallest absolute Gasteiger partial charge is 0.156 e. The summed E-state index contributed by atoms with van der Waals surface area (Å²) in [5.74, 6) is 1.87. The minimum Gasteiger partial charge on any atom is -0.468 e. The SMILES string of the molecule is CN(CCCc1nnnn1-c1ccccc1)Cc1ccco1. The third kappa shape index (κ3) is 3.59. The molecule has 0 N–H and O–H groups in total. The predicted molar refractivity (Wildman–Crippen MR) is 82.5 cm³/mol. The van der Waals surface area contributed by atoms with E-state index >= 15 is 0 Å². The van der Waals surface area contributed by atoms with Gasteiger partial charge < -0.3 is 4.42 Å². The number of aryl methyl sites for hydroxylation is 1. The molecule has 0 aliphatic rings. The molecule has 1 aromatic carbocycles. The van der Waals surface area contributed by atoms with Crippen LogP contribution >= 0.6 is 0 Å². The zero-order valence-corrected chi connectivity index (χ0v) is 12.6. The summed E-state index contributed by atoms with van der Waals surface area (Å²) in [5.41, 5.74) is 0.992. The van der Waals surface area contributed by atoms with Gasteiger partial charge in [0.15, 0.2) is 5.82 Å². The van der Waals surface area contributed by atoms with E-state index in [9.17, 15) is 0 Å². The molecule has 6 nitrogen and oxygen atoms in total. The van der Waals surface area contributed by atoms with Crippen molar-refractivity contribution in [1.82, 2.24) is 25.1 Å². The van der Waals surface area contributed by atoms with Gasteiger partial charge in [-0.1, -0.05) is 18.2 Å². The summed E-state index contributed by atoms with van der Waals surface area (Å²) >= 11 is 0. The molecule has 3 rings (SSSR count). The maximum Gasteiger partial charge on any atom is 0.156 e. The number of furan rings is 1. The van der Waals surface area contributed by atoms with E-state index in [0.717, 1.165) is 43.2 Å². The number of benzene rings is 1. The Morgan fingerprint density at radius 2 is 2.00 bits per heavy atom. The zero-order chi connectivity index (χ0) is 15.2. The molecule has 2 aromatic heterocycles. The van der Waals surface area contributed by atoms with Gasteiger partial charge in [-0.05, 0) is 54.7 Å². The maximum atomic E-state index is 5.36. The van der Waals surface area contributed by atoms with Crippen molar-refractivity contribution in [2.45, 2.75) is 19.4 Å². The highest BCUT2D eigenvalue weighted by molar-refractivity contribution is 5.30. The van der Waals surface area contributed by atoms with Crippen LogP contribution in [0.3, 0.4) is 0 Å². The summed E-state index contributed by atoms with van der Waals surface area (Å²) in [4.78, 5) is 2.23. The normalized spacial score (nSPS) is 11.2. The van der Waals surface area contributed by atoms with Gasteiger partial charge in [0.05, 0.1) is 18.5 Å². The molecular weight excluding hydrogens is 278 g/mol. The standard InChI is InChI=1S/C16H19N5O/c1-20(13-15-9-6-12-22-15)11-5-10-16-17-18-19-21(16)14-7-3-2-4-8-14/h2-4,6-9,12H,5,10-11,13H2,1H3. The fraction of sp³-hybridized carbons (Fsp3) is 0.312. The van der Waals surface area contributed by atoms with Crippen molar-refractivity contribution < 1.29 is 4.42 Å². The van der Waals surface area contributed by atoms with Crippen LogP contribution in [0.25, 0.3) is 5.69 Å². The first-order valence-electron chi connectivity index (χ1n) is 7.36. The lowest BCUT2D eigenvalue weighted by molar-refractivity contribution is 0.291. The van der Waals surface area contributed by atoms with E-state index in [2.05, 4.69) is 27.5 Å². The van der Waals surface area contributed by atoms with Crippen LogP contribution in [0.15, 0.2) is 53.1 Å². The van der Waals surface area contributed by atoms with E-state index in [-0.39, 0.29) is 0 Å². The fourth-order valence-electron chi connectivity index (χ4n) is 2.39. The van der Waals surface area contributed by atoms with Crippen LogP contribution in [-0.4, -0.2) is 38.7 Å². The van der Waals surface area contributed by atoms with Crippen LogP contribution in [-0.2, 0) is 13.0 Å². The summed E-state index contributed by atoms with van der Waals surface area (Å²) in [5, 5.41) is 12.0. The lowest BCUT2D eigenvalue weighted by Gasteiger charge is -2.14. The Labute approximate surface area is 129 Å². The molecule has 22 heavy (non-hydrogen) atoms. The quantitative estimate of drug-likeness (QED) is 0.670. The molecule has 3 aromatic rings. The van der Waals surface area contributed by atoms with Crippen molar-refractivity contribution in [2.24, 2.45) is 0 Å². The number of para-hydroxylation sites is 1. The van der Waals surface area contributed by atoms with Gasteiger partial charge in [0.25, 0.3) is 0 Å². The van der Waals surface area contributed by atoms with Crippen molar-refractivity contribution in [1.29, 1.82) is 0 Å². The Morgan fingerprint density at radius 1 is 1.14 bits per heavy atom. The monoisotopic (exact) mass is 297 g/mol. The minimum atomic E-state index is 0.816. The highest BCUT2D eigenvalue weighted by Crippen LogP contribution is 2.09. The number of nitrogens with zero attached hydrogens (tertiary/aromatic N) is 5. The molecule has 0 fully saturated rings. The molecule has 0 amide bonds. The highest BCUT2D eigenvalue weighted by Gasteiger charge is 2.09. The fourth-order valence-corrected chi connectivity index (χ4v) is 2.39. The Morgan fingerprint density at radius 3 is 2.77 bits per heavy atom. The van der Waals surface area contributed by atoms with E-state index in [1.165, 1.54) is 0 Å². The van der Waals surface area contributed by atoms with Crippen molar-refractivity contribution in [2.75, 3.05) is 13.6 Å². The molecule has 0 saturated heterocycles. The number of hydrogen-bond acceptors (Lipinski definition) is 5. The van der Waals surface area contributed by atoms with Gasteiger partial charge in [0, 0.05) is 6.42 Å². The average molecular weight is 297 g/mol. The van der Waals surface area contributed by atoms with Crippen molar-refractivity contribution >= 4 is 0 Å². The zero-order valence-electron chi connectivity index (χ0n) is 12.6. The van der Waals surface area contributed by atoms with Gasteiger partial charge in [0.2, 0.25) is 0 Å². The molecule has 0 aliphatic carbocycles. The van der Waals surface area contributed by atoms with Gasteiger partial charge >= 0.3 is 0 Å². The second kappa shape index (κ2) is 7.00. The third-order valence-electron chi connectivity index (χ3n) is 3.48. The third-order valence-corrected chi connectivity index (χ3v) is 3.48. The van der Waals surface area contributed by atoms with E-state index in [0.29, 0.717) is 0 Å². The number of aromatic nitrogens is 4. The second-order valence-corrected chi connectivity index (χ2v) is 5.26. The largest absolute Gasteiger partial charge is 0.468 e. The topological polar surface area (TPSA) is 60.0 Å². The summed E-state index contributed by atoms with van der Waals surface area (Å²) in [6.45, 7) is 1.78. The Balaban J connectivity index is 1.53. The summed E-state index contributed by atoms with van der Waals surface area (Å²) in [7, 11) is 2.09. The first-order chi connectivity index (χ1) is 10.8. The van der Waals surface area contributed by atoms with Crippen LogP contribution in [0.5, 0.6) is 0 Å². The Hall–Kier alpha value is -2.47.